The first kappa shape index (κ1) is 69.2. The van der Waals surface area contributed by atoms with E-state index in [-0.39, 0.29) is 25.9 Å². The Balaban J connectivity index is 4.77. The van der Waals surface area contributed by atoms with Crippen LogP contribution in [-0.4, -0.2) is 66.5 Å². The SMILES string of the molecule is CC/C=C\C/C=C\C/C=C\C/C=C\CCC(=O)OC(CO)COP(=O)(O)OCC(COC(=O)CCCCCCC/C=C\CCCCCCCC)OC(=O)CCCCCCCCCCCCCCCCCCC. The minimum atomic E-state index is -4.76. The third kappa shape index (κ3) is 52.1. The molecular weight excluding hydrogens is 928 g/mol. The van der Waals surface area contributed by atoms with Crippen molar-refractivity contribution in [3.63, 3.8) is 0 Å². The van der Waals surface area contributed by atoms with Gasteiger partial charge in [0.2, 0.25) is 0 Å². The lowest BCUT2D eigenvalue weighted by atomic mass is 10.0. The highest BCUT2D eigenvalue weighted by atomic mass is 31.2. The maximum atomic E-state index is 12.9. The summed E-state index contributed by atoms with van der Waals surface area (Å²) in [6, 6.07) is 0. The van der Waals surface area contributed by atoms with Crippen LogP contribution in [0.4, 0.5) is 0 Å². The first-order valence-corrected chi connectivity index (χ1v) is 30.7. The molecule has 0 radical (unpaired) electrons. The molecule has 2 N–H and O–H groups in total. The van der Waals surface area contributed by atoms with Crippen LogP contribution in [0.2, 0.25) is 0 Å². The fraction of sp³-hybridized carbons (Fsp3) is 0.783. The monoisotopic (exact) mass is 1030 g/mol. The van der Waals surface area contributed by atoms with Crippen molar-refractivity contribution in [2.45, 2.75) is 277 Å². The Morgan fingerprint density at radius 1 is 0.403 bits per heavy atom. The molecule has 11 nitrogen and oxygen atoms in total. The minimum absolute atomic E-state index is 0.0561. The van der Waals surface area contributed by atoms with Gasteiger partial charge >= 0.3 is 25.7 Å². The van der Waals surface area contributed by atoms with Crippen molar-refractivity contribution in [1.82, 2.24) is 0 Å². The number of phosphoric acid groups is 1. The number of phosphoric ester groups is 1. The Morgan fingerprint density at radius 3 is 1.19 bits per heavy atom. The van der Waals surface area contributed by atoms with Crippen LogP contribution >= 0.6 is 7.82 Å². The van der Waals surface area contributed by atoms with Gasteiger partial charge in [0.1, 0.15) is 12.7 Å². The third-order valence-electron chi connectivity index (χ3n) is 12.4. The Kier molecular flexibility index (Phi) is 52.3. The second-order valence-electron chi connectivity index (χ2n) is 19.4. The summed E-state index contributed by atoms with van der Waals surface area (Å²) < 4.78 is 39.4. The van der Waals surface area contributed by atoms with Crippen LogP contribution in [0.15, 0.2) is 60.8 Å². The second kappa shape index (κ2) is 54.4. The third-order valence-corrected chi connectivity index (χ3v) is 13.4. The number of ether oxygens (including phenoxy) is 3. The average molecular weight is 1040 g/mol. The van der Waals surface area contributed by atoms with Crippen LogP contribution in [-0.2, 0) is 42.2 Å². The van der Waals surface area contributed by atoms with Gasteiger partial charge in [0, 0.05) is 19.3 Å². The highest BCUT2D eigenvalue weighted by Gasteiger charge is 2.28. The standard InChI is InChI=1S/C60H107O11P/c1-4-7-10-13-16-19-22-25-27-28-30-33-36-39-42-45-48-51-60(64)71-57(53-67-58(62)49-46-43-40-37-34-32-29-26-23-20-17-14-11-8-5-2)55-69-72(65,66)68-54-56(52-61)70-59(63)50-47-44-41-38-35-31-24-21-18-15-12-9-6-3/h9,12,18,21,26,29,31,35,41,44,56-57,61H,4-8,10-11,13-17,19-20,22-25,27-28,30,32-34,36-40,42-43,45-55H2,1-3H3,(H,65,66)/b12-9-,21-18-,29-26-,35-31-,44-41-. The van der Waals surface area contributed by atoms with E-state index in [0.717, 1.165) is 83.5 Å². The lowest BCUT2D eigenvalue weighted by Crippen LogP contribution is -2.30. The maximum Gasteiger partial charge on any atom is 0.472 e. The van der Waals surface area contributed by atoms with E-state index >= 15 is 0 Å². The van der Waals surface area contributed by atoms with Gasteiger partial charge in [0.25, 0.3) is 0 Å². The first-order chi connectivity index (χ1) is 35.2. The molecule has 0 heterocycles. The molecule has 0 fully saturated rings. The largest absolute Gasteiger partial charge is 0.472 e. The number of hydrogen-bond donors (Lipinski definition) is 2. The number of aliphatic hydroxyl groups excluding tert-OH is 1. The van der Waals surface area contributed by atoms with Gasteiger partial charge < -0.3 is 24.2 Å². The summed E-state index contributed by atoms with van der Waals surface area (Å²) in [6.07, 6.45) is 59.1. The van der Waals surface area contributed by atoms with Gasteiger partial charge in [-0.05, 0) is 70.6 Å². The molecule has 0 aromatic heterocycles. The molecule has 0 saturated heterocycles. The maximum absolute atomic E-state index is 12.9. The highest BCUT2D eigenvalue weighted by Crippen LogP contribution is 2.43. The summed E-state index contributed by atoms with van der Waals surface area (Å²) in [7, 11) is -4.76. The van der Waals surface area contributed by atoms with Gasteiger partial charge in [-0.1, -0.05) is 236 Å². The van der Waals surface area contributed by atoms with Crippen LogP contribution in [0, 0.1) is 0 Å². The molecule has 3 unspecified atom stereocenters. The quantitative estimate of drug-likeness (QED) is 0.0197. The fourth-order valence-electron chi connectivity index (χ4n) is 8.01. The second-order valence-corrected chi connectivity index (χ2v) is 20.9. The Morgan fingerprint density at radius 2 is 0.750 bits per heavy atom. The van der Waals surface area contributed by atoms with Crippen LogP contribution in [0.1, 0.15) is 265 Å². The molecule has 0 spiro atoms. The average Bonchev–Trinajstić information content (AvgIpc) is 3.37. The molecule has 72 heavy (non-hydrogen) atoms. The minimum Gasteiger partial charge on any atom is -0.462 e. The number of aliphatic hydroxyl groups is 1. The van der Waals surface area contributed by atoms with Crippen LogP contribution in [0.25, 0.3) is 0 Å². The molecule has 0 bridgehead atoms. The summed E-state index contributed by atoms with van der Waals surface area (Å²) >= 11 is 0. The predicted octanol–water partition coefficient (Wildman–Crippen LogP) is 17.1. The molecule has 0 saturated carbocycles. The van der Waals surface area contributed by atoms with Crippen molar-refractivity contribution in [2.75, 3.05) is 26.4 Å². The Labute approximate surface area is 440 Å². The summed E-state index contributed by atoms with van der Waals surface area (Å²) in [4.78, 5) is 48.5. The van der Waals surface area contributed by atoms with Crippen molar-refractivity contribution < 1.29 is 52.2 Å². The molecule has 0 aromatic rings. The summed E-state index contributed by atoms with van der Waals surface area (Å²) in [5.41, 5.74) is 0. The van der Waals surface area contributed by atoms with Crippen LogP contribution in [0.5, 0.6) is 0 Å². The molecule has 0 aromatic carbocycles. The molecule has 12 heteroatoms. The molecule has 3 atom stereocenters. The van der Waals surface area contributed by atoms with E-state index in [1.165, 1.54) is 122 Å². The van der Waals surface area contributed by atoms with Crippen molar-refractivity contribution in [1.29, 1.82) is 0 Å². The van der Waals surface area contributed by atoms with E-state index in [1.54, 1.807) is 0 Å². The Bertz CT molecular complexity index is 1440. The van der Waals surface area contributed by atoms with E-state index in [4.69, 9.17) is 23.3 Å². The summed E-state index contributed by atoms with van der Waals surface area (Å²) in [5, 5.41) is 9.79. The first-order valence-electron chi connectivity index (χ1n) is 29.2. The predicted molar refractivity (Wildman–Crippen MR) is 298 cm³/mol. The van der Waals surface area contributed by atoms with E-state index in [0.29, 0.717) is 19.3 Å². The molecule has 0 aliphatic heterocycles. The Hall–Kier alpha value is -2.82. The fourth-order valence-corrected chi connectivity index (χ4v) is 8.80. The number of carbonyl (C=O) groups is 3. The molecule has 0 aliphatic carbocycles. The number of allylic oxidation sites excluding steroid dienone is 10. The zero-order chi connectivity index (χ0) is 52.7. The van der Waals surface area contributed by atoms with Gasteiger partial charge in [0.05, 0.1) is 19.8 Å². The van der Waals surface area contributed by atoms with Crippen molar-refractivity contribution in [3.05, 3.63) is 60.8 Å². The van der Waals surface area contributed by atoms with Gasteiger partial charge in [-0.2, -0.15) is 0 Å². The highest BCUT2D eigenvalue weighted by molar-refractivity contribution is 7.47. The number of rotatable bonds is 54. The topological polar surface area (TPSA) is 155 Å². The lowest BCUT2D eigenvalue weighted by Gasteiger charge is -2.21. The normalized spacial score (nSPS) is 13.8. The van der Waals surface area contributed by atoms with E-state index in [9.17, 15) is 28.9 Å². The van der Waals surface area contributed by atoms with Crippen LogP contribution in [0.3, 0.4) is 0 Å². The van der Waals surface area contributed by atoms with Crippen molar-refractivity contribution >= 4 is 25.7 Å². The molecular formula is C60H107O11P. The smallest absolute Gasteiger partial charge is 0.462 e. The van der Waals surface area contributed by atoms with Gasteiger partial charge in [-0.3, -0.25) is 23.4 Å². The van der Waals surface area contributed by atoms with Crippen molar-refractivity contribution in [2.24, 2.45) is 0 Å². The zero-order valence-electron chi connectivity index (χ0n) is 46.1. The number of carbonyl (C=O) groups excluding carboxylic acids is 3. The van der Waals surface area contributed by atoms with E-state index < -0.39 is 57.8 Å². The van der Waals surface area contributed by atoms with Gasteiger partial charge in [-0.15, -0.1) is 0 Å². The number of unbranched alkanes of at least 4 members (excludes halogenated alkanes) is 27. The molecule has 0 aliphatic rings. The number of hydrogen-bond acceptors (Lipinski definition) is 10. The van der Waals surface area contributed by atoms with E-state index in [2.05, 4.69) is 69.4 Å². The molecule has 418 valence electrons. The molecule has 0 amide bonds. The number of esters is 3. The summed E-state index contributed by atoms with van der Waals surface area (Å²) in [5.74, 6) is -1.55. The van der Waals surface area contributed by atoms with E-state index in [1.807, 2.05) is 12.2 Å². The lowest BCUT2D eigenvalue weighted by molar-refractivity contribution is -0.161. The van der Waals surface area contributed by atoms with Crippen LogP contribution < -0.4 is 0 Å². The van der Waals surface area contributed by atoms with Gasteiger partial charge in [0.15, 0.2) is 6.10 Å². The van der Waals surface area contributed by atoms with Gasteiger partial charge in [-0.25, -0.2) is 4.57 Å². The van der Waals surface area contributed by atoms with Crippen molar-refractivity contribution in [3.8, 4) is 0 Å². The molecule has 0 rings (SSSR count). The zero-order valence-corrected chi connectivity index (χ0v) is 47.0. The summed E-state index contributed by atoms with van der Waals surface area (Å²) in [6.45, 7) is 4.46.